The summed E-state index contributed by atoms with van der Waals surface area (Å²) < 4.78 is 0. The molecule has 14 heavy (non-hydrogen) atoms. The summed E-state index contributed by atoms with van der Waals surface area (Å²) in [6.45, 7) is 6.61. The van der Waals surface area contributed by atoms with E-state index in [1.165, 1.54) is 5.57 Å². The zero-order chi connectivity index (χ0) is 10.3. The molecule has 2 N–H and O–H groups in total. The number of rotatable bonds is 0. The van der Waals surface area contributed by atoms with Crippen LogP contribution in [0, 0.1) is 5.41 Å². The van der Waals surface area contributed by atoms with E-state index in [9.17, 15) is 4.79 Å². The SMILES string of the molecule is CC(C)(C)C1=Cc2[nH]c(=O)[nH]c2CC1. The van der Waals surface area contributed by atoms with Crippen LogP contribution in [0.2, 0.25) is 0 Å². The number of aromatic amines is 2. The first kappa shape index (κ1) is 9.31. The number of fused-ring (bicyclic) bond motifs is 1. The molecular weight excluding hydrogens is 176 g/mol. The first-order chi connectivity index (χ1) is 6.47. The quantitative estimate of drug-likeness (QED) is 0.649. The third-order valence-corrected chi connectivity index (χ3v) is 2.76. The first-order valence-electron chi connectivity index (χ1n) is 4.99. The molecule has 0 aromatic carbocycles. The molecule has 1 aliphatic rings. The molecule has 0 atom stereocenters. The lowest BCUT2D eigenvalue weighted by molar-refractivity contribution is 0.483. The second-order valence-electron chi connectivity index (χ2n) is 4.89. The Labute approximate surface area is 83.2 Å². The van der Waals surface area contributed by atoms with E-state index in [0.29, 0.717) is 0 Å². The van der Waals surface area contributed by atoms with E-state index in [2.05, 4.69) is 36.8 Å². The van der Waals surface area contributed by atoms with Crippen molar-refractivity contribution in [1.82, 2.24) is 9.97 Å². The van der Waals surface area contributed by atoms with Crippen LogP contribution in [0.15, 0.2) is 10.4 Å². The molecule has 1 aromatic heterocycles. The van der Waals surface area contributed by atoms with Gasteiger partial charge in [-0.05, 0) is 24.3 Å². The number of H-pyrrole nitrogens is 2. The molecule has 3 nitrogen and oxygen atoms in total. The minimum Gasteiger partial charge on any atom is -0.309 e. The molecule has 0 amide bonds. The van der Waals surface area contributed by atoms with Gasteiger partial charge in [-0.3, -0.25) is 0 Å². The van der Waals surface area contributed by atoms with Gasteiger partial charge in [-0.2, -0.15) is 0 Å². The van der Waals surface area contributed by atoms with Crippen LogP contribution in [-0.4, -0.2) is 9.97 Å². The van der Waals surface area contributed by atoms with Crippen LogP contribution in [0.4, 0.5) is 0 Å². The predicted octanol–water partition coefficient (Wildman–Crippen LogP) is 2.08. The Balaban J connectivity index is 2.45. The molecule has 0 bridgehead atoms. The van der Waals surface area contributed by atoms with Crippen molar-refractivity contribution in [3.05, 3.63) is 27.4 Å². The molecule has 1 aliphatic carbocycles. The molecule has 0 fully saturated rings. The average Bonchev–Trinajstić information content (AvgIpc) is 2.41. The Morgan fingerprint density at radius 1 is 1.21 bits per heavy atom. The topological polar surface area (TPSA) is 48.6 Å². The van der Waals surface area contributed by atoms with Gasteiger partial charge in [0.25, 0.3) is 0 Å². The Bertz CT molecular complexity index is 429. The van der Waals surface area contributed by atoms with Crippen LogP contribution in [0.1, 0.15) is 38.6 Å². The van der Waals surface area contributed by atoms with Gasteiger partial charge in [0.2, 0.25) is 0 Å². The van der Waals surface area contributed by atoms with Gasteiger partial charge >= 0.3 is 5.69 Å². The van der Waals surface area contributed by atoms with Gasteiger partial charge in [-0.1, -0.05) is 26.3 Å². The van der Waals surface area contributed by atoms with E-state index >= 15 is 0 Å². The monoisotopic (exact) mass is 192 g/mol. The van der Waals surface area contributed by atoms with E-state index in [-0.39, 0.29) is 11.1 Å². The molecule has 3 heteroatoms. The summed E-state index contributed by atoms with van der Waals surface area (Å²) in [4.78, 5) is 16.7. The Kier molecular flexibility index (Phi) is 1.91. The predicted molar refractivity (Wildman–Crippen MR) is 57.2 cm³/mol. The summed E-state index contributed by atoms with van der Waals surface area (Å²) in [6, 6.07) is 0. The number of nitrogens with one attached hydrogen (secondary N) is 2. The first-order valence-corrected chi connectivity index (χ1v) is 4.99. The third kappa shape index (κ3) is 1.54. The largest absolute Gasteiger partial charge is 0.323 e. The van der Waals surface area contributed by atoms with Gasteiger partial charge in [-0.15, -0.1) is 0 Å². The van der Waals surface area contributed by atoms with Crippen molar-refractivity contribution in [2.24, 2.45) is 5.41 Å². The number of hydrogen-bond acceptors (Lipinski definition) is 1. The van der Waals surface area contributed by atoms with Crippen molar-refractivity contribution in [2.75, 3.05) is 0 Å². The van der Waals surface area contributed by atoms with Gasteiger partial charge < -0.3 is 9.97 Å². The Hall–Kier alpha value is -1.25. The maximum Gasteiger partial charge on any atom is 0.323 e. The summed E-state index contributed by atoms with van der Waals surface area (Å²) in [5, 5.41) is 0. The van der Waals surface area contributed by atoms with Crippen molar-refractivity contribution in [1.29, 1.82) is 0 Å². The zero-order valence-corrected chi connectivity index (χ0v) is 8.90. The summed E-state index contributed by atoms with van der Waals surface area (Å²) in [5.74, 6) is 0. The lowest BCUT2D eigenvalue weighted by Gasteiger charge is -2.25. The fraction of sp³-hybridized carbons (Fsp3) is 0.545. The Morgan fingerprint density at radius 2 is 1.93 bits per heavy atom. The van der Waals surface area contributed by atoms with Crippen molar-refractivity contribution >= 4 is 6.08 Å². The summed E-state index contributed by atoms with van der Waals surface area (Å²) in [5.41, 5.74) is 3.52. The highest BCUT2D eigenvalue weighted by Gasteiger charge is 2.21. The molecule has 1 heterocycles. The van der Waals surface area contributed by atoms with Gasteiger partial charge in [-0.25, -0.2) is 4.79 Å². The molecule has 2 rings (SSSR count). The van der Waals surface area contributed by atoms with Crippen LogP contribution in [-0.2, 0) is 6.42 Å². The molecule has 0 spiro atoms. The smallest absolute Gasteiger partial charge is 0.309 e. The van der Waals surface area contributed by atoms with Crippen LogP contribution in [0.25, 0.3) is 6.08 Å². The minimum absolute atomic E-state index is 0.0959. The van der Waals surface area contributed by atoms with Crippen LogP contribution in [0.5, 0.6) is 0 Å². The number of aryl methyl sites for hydroxylation is 1. The van der Waals surface area contributed by atoms with E-state index in [0.717, 1.165) is 24.2 Å². The molecule has 76 valence electrons. The highest BCUT2D eigenvalue weighted by Crippen LogP contribution is 2.33. The molecule has 1 aromatic rings. The van der Waals surface area contributed by atoms with Gasteiger partial charge in [0.1, 0.15) is 0 Å². The molecular formula is C11H16N2O. The number of aromatic nitrogens is 2. The number of hydrogen-bond donors (Lipinski definition) is 2. The van der Waals surface area contributed by atoms with Gasteiger partial charge in [0.05, 0.1) is 5.69 Å². The summed E-state index contributed by atoms with van der Waals surface area (Å²) in [7, 11) is 0. The molecule has 0 unspecified atom stereocenters. The fourth-order valence-electron chi connectivity index (χ4n) is 1.85. The van der Waals surface area contributed by atoms with E-state index in [1.807, 2.05) is 0 Å². The highest BCUT2D eigenvalue weighted by molar-refractivity contribution is 5.55. The number of allylic oxidation sites excluding steroid dienone is 1. The Morgan fingerprint density at radius 3 is 2.57 bits per heavy atom. The van der Waals surface area contributed by atoms with Crippen molar-refractivity contribution in [3.63, 3.8) is 0 Å². The maximum atomic E-state index is 11.1. The molecule has 0 aliphatic heterocycles. The van der Waals surface area contributed by atoms with Crippen LogP contribution >= 0.6 is 0 Å². The second kappa shape index (κ2) is 2.87. The second-order valence-corrected chi connectivity index (χ2v) is 4.89. The van der Waals surface area contributed by atoms with Crippen LogP contribution in [0.3, 0.4) is 0 Å². The van der Waals surface area contributed by atoms with Crippen molar-refractivity contribution < 1.29 is 0 Å². The molecule has 0 saturated carbocycles. The van der Waals surface area contributed by atoms with E-state index < -0.39 is 0 Å². The van der Waals surface area contributed by atoms with Crippen LogP contribution < -0.4 is 5.69 Å². The lowest BCUT2D eigenvalue weighted by Crippen LogP contribution is -2.13. The normalized spacial score (nSPS) is 16.4. The highest BCUT2D eigenvalue weighted by atomic mass is 16.1. The minimum atomic E-state index is -0.0959. The standard InChI is InChI=1S/C11H16N2O/c1-11(2,3)7-4-5-8-9(6-7)13-10(14)12-8/h6H,4-5H2,1-3H3,(H2,12,13,14). The van der Waals surface area contributed by atoms with Crippen molar-refractivity contribution in [3.8, 4) is 0 Å². The third-order valence-electron chi connectivity index (χ3n) is 2.76. The van der Waals surface area contributed by atoms with E-state index in [1.54, 1.807) is 0 Å². The molecule has 0 saturated heterocycles. The lowest BCUT2D eigenvalue weighted by atomic mass is 9.80. The molecule has 0 radical (unpaired) electrons. The van der Waals surface area contributed by atoms with Gasteiger partial charge in [0.15, 0.2) is 0 Å². The van der Waals surface area contributed by atoms with Crippen molar-refractivity contribution in [2.45, 2.75) is 33.6 Å². The summed E-state index contributed by atoms with van der Waals surface area (Å²) >= 11 is 0. The fourth-order valence-corrected chi connectivity index (χ4v) is 1.85. The average molecular weight is 192 g/mol. The summed E-state index contributed by atoms with van der Waals surface area (Å²) in [6.07, 6.45) is 4.10. The maximum absolute atomic E-state index is 11.1. The zero-order valence-electron chi connectivity index (χ0n) is 8.90. The number of imidazole rings is 1. The van der Waals surface area contributed by atoms with Gasteiger partial charge in [0, 0.05) is 5.69 Å². The van der Waals surface area contributed by atoms with E-state index in [4.69, 9.17) is 0 Å².